The topological polar surface area (TPSA) is 70.4 Å². The van der Waals surface area contributed by atoms with E-state index in [2.05, 4.69) is 61.8 Å². The molecule has 0 amide bonds. The second kappa shape index (κ2) is 8.98. The smallest absolute Gasteiger partial charge is 0.171 e. The summed E-state index contributed by atoms with van der Waals surface area (Å²) in [5.41, 5.74) is 12.5. The first-order valence-electron chi connectivity index (χ1n) is 10.7. The predicted octanol–water partition coefficient (Wildman–Crippen LogP) is 4.59. The molecule has 0 spiro atoms. The summed E-state index contributed by atoms with van der Waals surface area (Å²) in [6, 6.07) is 18.3. The number of hydrazone groups is 1. The van der Waals surface area contributed by atoms with Crippen LogP contribution in [0.15, 0.2) is 72.2 Å². The molecule has 0 aliphatic carbocycles. The second-order valence-corrected chi connectivity index (χ2v) is 8.22. The van der Waals surface area contributed by atoms with Gasteiger partial charge in [-0.05, 0) is 47.4 Å². The number of halogens is 1. The second-order valence-electron chi connectivity index (χ2n) is 7.78. The first kappa shape index (κ1) is 20.5. The molecular weight excluding hydrogens is 422 g/mol. The number of benzene rings is 2. The lowest BCUT2D eigenvalue weighted by molar-refractivity contribution is 0.177. The van der Waals surface area contributed by atoms with Crippen LogP contribution in [0.4, 0.5) is 0 Å². The van der Waals surface area contributed by atoms with Crippen molar-refractivity contribution in [3.05, 3.63) is 83.3 Å². The number of hydrazine groups is 2. The van der Waals surface area contributed by atoms with Gasteiger partial charge in [0.15, 0.2) is 11.5 Å². The van der Waals surface area contributed by atoms with Crippen molar-refractivity contribution in [3.8, 4) is 11.1 Å². The number of unbranched alkanes of at least 4 members (excludes halogenated alkanes) is 1. The van der Waals surface area contributed by atoms with Gasteiger partial charge in [-0.3, -0.25) is 5.43 Å². The average Bonchev–Trinajstić information content (AvgIpc) is 3.46. The number of hydrogen-bond donors (Lipinski definition) is 2. The normalized spacial score (nSPS) is 13.8. The van der Waals surface area contributed by atoms with Gasteiger partial charge < -0.3 is 4.57 Å². The summed E-state index contributed by atoms with van der Waals surface area (Å²) in [7, 11) is 0. The van der Waals surface area contributed by atoms with Crippen molar-refractivity contribution in [3.63, 3.8) is 0 Å². The van der Waals surface area contributed by atoms with Crippen LogP contribution in [-0.4, -0.2) is 32.0 Å². The van der Waals surface area contributed by atoms with Crippen LogP contribution in [0.1, 0.15) is 30.9 Å². The van der Waals surface area contributed by atoms with Gasteiger partial charge in [-0.15, -0.1) is 10.2 Å². The molecule has 2 N–H and O–H groups in total. The molecule has 7 nitrogen and oxygen atoms in total. The Balaban J connectivity index is 1.38. The summed E-state index contributed by atoms with van der Waals surface area (Å²) in [5, 5.41) is 7.05. The first-order valence-corrected chi connectivity index (χ1v) is 11.1. The Morgan fingerprint density at radius 3 is 2.72 bits per heavy atom. The van der Waals surface area contributed by atoms with Crippen LogP contribution in [0, 0.1) is 0 Å². The van der Waals surface area contributed by atoms with Crippen LogP contribution in [0.25, 0.3) is 22.3 Å². The molecule has 0 bridgehead atoms. The lowest BCUT2D eigenvalue weighted by Crippen LogP contribution is -2.42. The number of rotatable bonds is 7. The lowest BCUT2D eigenvalue weighted by atomic mass is 9.98. The Bertz CT molecular complexity index is 1260. The van der Waals surface area contributed by atoms with Crippen molar-refractivity contribution in [2.24, 2.45) is 5.10 Å². The highest BCUT2D eigenvalue weighted by Crippen LogP contribution is 2.28. The maximum absolute atomic E-state index is 6.32. The maximum Gasteiger partial charge on any atom is 0.171 e. The molecule has 0 radical (unpaired) electrons. The molecule has 5 rings (SSSR count). The Morgan fingerprint density at radius 1 is 1.00 bits per heavy atom. The van der Waals surface area contributed by atoms with Crippen LogP contribution in [0.3, 0.4) is 0 Å². The Morgan fingerprint density at radius 2 is 1.88 bits per heavy atom. The van der Waals surface area contributed by atoms with Gasteiger partial charge in [0.2, 0.25) is 0 Å². The summed E-state index contributed by atoms with van der Waals surface area (Å²) in [5.74, 6) is 0.763. The largest absolute Gasteiger partial charge is 0.311 e. The maximum atomic E-state index is 6.32. The first-order chi connectivity index (χ1) is 15.7. The summed E-state index contributed by atoms with van der Waals surface area (Å²) in [4.78, 5) is 8.88. The quantitative estimate of drug-likeness (QED) is 0.435. The van der Waals surface area contributed by atoms with E-state index in [1.54, 1.807) is 6.20 Å². The summed E-state index contributed by atoms with van der Waals surface area (Å²) in [6.45, 7) is 3.75. The number of fused-ring (bicyclic) bond motifs is 1. The number of pyridine rings is 1. The minimum atomic E-state index is 0.677. The Hall–Kier alpha value is -3.42. The van der Waals surface area contributed by atoms with Gasteiger partial charge in [-0.1, -0.05) is 55.3 Å². The fourth-order valence-corrected chi connectivity index (χ4v) is 3.97. The molecule has 4 aromatic rings. The van der Waals surface area contributed by atoms with Crippen molar-refractivity contribution in [1.82, 2.24) is 30.6 Å². The third-order valence-electron chi connectivity index (χ3n) is 5.49. The zero-order chi connectivity index (χ0) is 21.9. The van der Waals surface area contributed by atoms with Crippen LogP contribution in [0.2, 0.25) is 5.02 Å². The van der Waals surface area contributed by atoms with Crippen LogP contribution < -0.4 is 11.0 Å². The van der Waals surface area contributed by atoms with E-state index in [1.807, 2.05) is 41.8 Å². The third kappa shape index (κ3) is 4.17. The molecule has 162 valence electrons. The van der Waals surface area contributed by atoms with Crippen molar-refractivity contribution in [2.75, 3.05) is 6.54 Å². The van der Waals surface area contributed by atoms with Gasteiger partial charge in [0.1, 0.15) is 5.52 Å². The molecule has 1 aliphatic rings. The fourth-order valence-electron chi connectivity index (χ4n) is 3.79. The van der Waals surface area contributed by atoms with E-state index in [4.69, 9.17) is 11.6 Å². The number of hydrogen-bond acceptors (Lipinski definition) is 6. The lowest BCUT2D eigenvalue weighted by Gasteiger charge is -2.16. The number of nitrogens with one attached hydrogen (secondary N) is 2. The molecule has 32 heavy (non-hydrogen) atoms. The molecule has 0 unspecified atom stereocenters. The minimum Gasteiger partial charge on any atom is -0.311 e. The van der Waals surface area contributed by atoms with Gasteiger partial charge in [-0.25, -0.2) is 15.5 Å². The highest BCUT2D eigenvalue weighted by molar-refractivity contribution is 6.31. The van der Waals surface area contributed by atoms with Gasteiger partial charge in [0.25, 0.3) is 0 Å². The third-order valence-corrected chi connectivity index (χ3v) is 5.72. The number of imidazole rings is 1. The van der Waals surface area contributed by atoms with Gasteiger partial charge in [0, 0.05) is 23.3 Å². The van der Waals surface area contributed by atoms with E-state index in [-0.39, 0.29) is 0 Å². The summed E-state index contributed by atoms with van der Waals surface area (Å²) >= 11 is 6.32. The summed E-state index contributed by atoms with van der Waals surface area (Å²) < 4.78 is 2.06. The SMILES string of the molecule is CCCCN1NN=C(c2cc(Cl)ccc2-c2ccc(Cn3cnc4cccnc43)cc2)N1. The molecule has 2 aromatic heterocycles. The van der Waals surface area contributed by atoms with Crippen molar-refractivity contribution >= 4 is 28.6 Å². The van der Waals surface area contributed by atoms with Crippen LogP contribution in [-0.2, 0) is 6.54 Å². The molecule has 0 atom stereocenters. The average molecular weight is 446 g/mol. The predicted molar refractivity (Wildman–Crippen MR) is 128 cm³/mol. The molecule has 0 saturated heterocycles. The highest BCUT2D eigenvalue weighted by atomic mass is 35.5. The van der Waals surface area contributed by atoms with Crippen LogP contribution in [0.5, 0.6) is 0 Å². The van der Waals surface area contributed by atoms with Crippen molar-refractivity contribution in [1.29, 1.82) is 0 Å². The van der Waals surface area contributed by atoms with E-state index < -0.39 is 0 Å². The Labute approximate surface area is 191 Å². The number of amidine groups is 1. The van der Waals surface area contributed by atoms with Crippen LogP contribution >= 0.6 is 11.6 Å². The minimum absolute atomic E-state index is 0.677. The summed E-state index contributed by atoms with van der Waals surface area (Å²) in [6.07, 6.45) is 5.83. The fraction of sp³-hybridized carbons (Fsp3) is 0.208. The van der Waals surface area contributed by atoms with E-state index in [1.165, 1.54) is 5.56 Å². The molecular formula is C24H24ClN7. The monoisotopic (exact) mass is 445 g/mol. The highest BCUT2D eigenvalue weighted by Gasteiger charge is 2.19. The van der Waals surface area contributed by atoms with E-state index in [0.717, 1.165) is 53.1 Å². The van der Waals surface area contributed by atoms with E-state index in [0.29, 0.717) is 11.6 Å². The van der Waals surface area contributed by atoms with Gasteiger partial charge in [0.05, 0.1) is 12.9 Å². The molecule has 1 aliphatic heterocycles. The number of aromatic nitrogens is 3. The van der Waals surface area contributed by atoms with Crippen molar-refractivity contribution < 1.29 is 0 Å². The van der Waals surface area contributed by atoms with Gasteiger partial charge in [-0.2, -0.15) is 0 Å². The standard InChI is InChI=1S/C24H24ClN7/c1-2-3-13-32-29-23(28-30-32)21-14-19(25)10-11-20(21)18-8-6-17(7-9-18)15-31-16-27-22-5-4-12-26-24(22)31/h4-12,14,16,30H,2-3,13,15H2,1H3,(H,28,29). The number of nitrogens with zero attached hydrogens (tertiary/aromatic N) is 5. The molecule has 0 fully saturated rings. The molecule has 3 heterocycles. The van der Waals surface area contributed by atoms with Crippen molar-refractivity contribution in [2.45, 2.75) is 26.3 Å². The van der Waals surface area contributed by atoms with Gasteiger partial charge >= 0.3 is 0 Å². The zero-order valence-electron chi connectivity index (χ0n) is 17.8. The molecule has 2 aromatic carbocycles. The Kier molecular flexibility index (Phi) is 5.75. The molecule has 0 saturated carbocycles. The molecule has 8 heteroatoms. The van der Waals surface area contributed by atoms with E-state index in [9.17, 15) is 0 Å². The zero-order valence-corrected chi connectivity index (χ0v) is 18.5. The van der Waals surface area contributed by atoms with E-state index >= 15 is 0 Å².